The molecule has 27 heavy (non-hydrogen) atoms. The molecule has 0 spiro atoms. The van der Waals surface area contributed by atoms with Crippen molar-refractivity contribution in [2.75, 3.05) is 38.2 Å². The summed E-state index contributed by atoms with van der Waals surface area (Å²) in [5.74, 6) is 2.10. The number of nitrogens with zero attached hydrogens (tertiary/aromatic N) is 4. The number of amides is 1. The Balaban J connectivity index is 1.39. The van der Waals surface area contributed by atoms with Crippen molar-refractivity contribution in [1.29, 1.82) is 0 Å². The van der Waals surface area contributed by atoms with Crippen LogP contribution in [-0.4, -0.2) is 60.3 Å². The Morgan fingerprint density at radius 1 is 1.33 bits per heavy atom. The Hall–Kier alpha value is -2.61. The van der Waals surface area contributed by atoms with Crippen LogP contribution >= 0.6 is 0 Å². The Bertz CT molecular complexity index is 788. The molecule has 0 aliphatic carbocycles. The summed E-state index contributed by atoms with van der Waals surface area (Å²) in [6.45, 7) is 3.48. The molecule has 0 aromatic carbocycles. The summed E-state index contributed by atoms with van der Waals surface area (Å²) in [6, 6.07) is 5.48. The van der Waals surface area contributed by atoms with E-state index in [9.17, 15) is 4.79 Å². The van der Waals surface area contributed by atoms with E-state index in [-0.39, 0.29) is 12.0 Å². The number of hydrogen-bond acceptors (Lipinski definition) is 7. The molecule has 144 valence electrons. The van der Waals surface area contributed by atoms with Gasteiger partial charge in [0.05, 0.1) is 6.54 Å². The van der Waals surface area contributed by atoms with Gasteiger partial charge in [-0.2, -0.15) is 0 Å². The molecule has 4 heterocycles. The van der Waals surface area contributed by atoms with Crippen molar-refractivity contribution in [3.8, 4) is 5.75 Å². The molecule has 2 aliphatic heterocycles. The van der Waals surface area contributed by atoms with Crippen molar-refractivity contribution in [2.45, 2.75) is 32.0 Å². The van der Waals surface area contributed by atoms with Crippen molar-refractivity contribution in [2.24, 2.45) is 0 Å². The number of pyridine rings is 1. The molecule has 0 N–H and O–H groups in total. The van der Waals surface area contributed by atoms with Crippen LogP contribution in [0.25, 0.3) is 0 Å². The normalized spacial score (nSPS) is 19.7. The molecule has 0 saturated carbocycles. The lowest BCUT2D eigenvalue weighted by atomic mass is 10.3. The fourth-order valence-electron chi connectivity index (χ4n) is 3.62. The van der Waals surface area contributed by atoms with E-state index in [0.29, 0.717) is 31.2 Å². The van der Waals surface area contributed by atoms with Crippen LogP contribution in [0, 0.1) is 0 Å². The molecule has 2 fully saturated rings. The first-order valence-corrected chi connectivity index (χ1v) is 9.35. The molecule has 2 aromatic heterocycles. The number of hydrogen-bond donors (Lipinski definition) is 0. The van der Waals surface area contributed by atoms with Gasteiger partial charge in [0.25, 0.3) is 5.91 Å². The van der Waals surface area contributed by atoms with E-state index in [1.807, 2.05) is 12.1 Å². The summed E-state index contributed by atoms with van der Waals surface area (Å²) in [5, 5.41) is 3.85. The minimum absolute atomic E-state index is 0.0511. The molecule has 4 rings (SSSR count). The number of rotatable bonds is 6. The highest BCUT2D eigenvalue weighted by atomic mass is 16.5. The van der Waals surface area contributed by atoms with Crippen LogP contribution in [-0.2, 0) is 11.3 Å². The first-order valence-electron chi connectivity index (χ1n) is 9.35. The molecule has 2 aromatic rings. The summed E-state index contributed by atoms with van der Waals surface area (Å²) >= 11 is 0. The second kappa shape index (κ2) is 7.96. The molecule has 0 unspecified atom stereocenters. The largest absolute Gasteiger partial charge is 0.485 e. The van der Waals surface area contributed by atoms with E-state index in [0.717, 1.165) is 31.1 Å². The van der Waals surface area contributed by atoms with E-state index in [1.54, 1.807) is 24.3 Å². The number of likely N-dealkylation sites (tertiary alicyclic amines) is 1. The molecule has 2 aliphatic rings. The maximum absolute atomic E-state index is 12.6. The van der Waals surface area contributed by atoms with Crippen LogP contribution in [0.5, 0.6) is 5.75 Å². The lowest BCUT2D eigenvalue weighted by Crippen LogP contribution is -2.31. The van der Waals surface area contributed by atoms with Gasteiger partial charge in [-0.1, -0.05) is 5.16 Å². The van der Waals surface area contributed by atoms with E-state index >= 15 is 0 Å². The summed E-state index contributed by atoms with van der Waals surface area (Å²) in [6.07, 6.45) is 4.90. The van der Waals surface area contributed by atoms with Crippen molar-refractivity contribution in [1.82, 2.24) is 15.0 Å². The number of ether oxygens (including phenoxy) is 2. The average Bonchev–Trinajstić information content (AvgIpc) is 3.44. The van der Waals surface area contributed by atoms with Gasteiger partial charge in [-0.25, -0.2) is 4.98 Å². The maximum atomic E-state index is 12.6. The van der Waals surface area contributed by atoms with Crippen molar-refractivity contribution >= 4 is 11.7 Å². The minimum Gasteiger partial charge on any atom is -0.485 e. The minimum atomic E-state index is -0.141. The molecule has 0 bridgehead atoms. The lowest BCUT2D eigenvalue weighted by Gasteiger charge is -2.22. The van der Waals surface area contributed by atoms with Gasteiger partial charge in [0, 0.05) is 45.4 Å². The smallest absolute Gasteiger partial charge is 0.276 e. The second-order valence-corrected chi connectivity index (χ2v) is 6.91. The number of anilines is 1. The quantitative estimate of drug-likeness (QED) is 0.768. The topological polar surface area (TPSA) is 80.9 Å². The Morgan fingerprint density at radius 2 is 2.19 bits per heavy atom. The lowest BCUT2D eigenvalue weighted by molar-refractivity contribution is 0.0761. The summed E-state index contributed by atoms with van der Waals surface area (Å²) in [5.41, 5.74) is 0.307. The van der Waals surface area contributed by atoms with E-state index in [4.69, 9.17) is 14.0 Å². The summed E-state index contributed by atoms with van der Waals surface area (Å²) < 4.78 is 16.3. The van der Waals surface area contributed by atoms with Crippen LogP contribution in [0.15, 0.2) is 28.9 Å². The molecule has 8 heteroatoms. The Kier molecular flexibility index (Phi) is 5.24. The molecule has 8 nitrogen and oxygen atoms in total. The van der Waals surface area contributed by atoms with Crippen LogP contribution in [0.2, 0.25) is 0 Å². The van der Waals surface area contributed by atoms with Gasteiger partial charge >= 0.3 is 0 Å². The standard InChI is InChI=1S/C19H24N4O4/c1-25-13-15-11-16(21-27-15)19(24)23-10-6-14(12-23)26-17-5-4-7-20-18(17)22-8-2-3-9-22/h4-5,7,11,14H,2-3,6,8-10,12-13H2,1H3/t14-/m0/s1. The number of carbonyl (C=O) groups excluding carboxylic acids is 1. The maximum Gasteiger partial charge on any atom is 0.276 e. The zero-order valence-corrected chi connectivity index (χ0v) is 15.5. The highest BCUT2D eigenvalue weighted by Gasteiger charge is 2.31. The zero-order valence-electron chi connectivity index (χ0n) is 15.5. The molecule has 1 atom stereocenters. The SMILES string of the molecule is COCc1cc(C(=O)N2CC[C@H](Oc3cccnc3N3CCCC3)C2)no1. The van der Waals surface area contributed by atoms with Crippen molar-refractivity contribution in [3.05, 3.63) is 35.9 Å². The molecule has 1 amide bonds. The molecule has 2 saturated heterocycles. The number of carbonyl (C=O) groups is 1. The second-order valence-electron chi connectivity index (χ2n) is 6.91. The zero-order chi connectivity index (χ0) is 18.6. The Morgan fingerprint density at radius 3 is 3.00 bits per heavy atom. The van der Waals surface area contributed by atoms with Gasteiger partial charge < -0.3 is 23.8 Å². The average molecular weight is 372 g/mol. The van der Waals surface area contributed by atoms with Gasteiger partial charge in [0.15, 0.2) is 23.0 Å². The molecule has 0 radical (unpaired) electrons. The number of aromatic nitrogens is 2. The summed E-state index contributed by atoms with van der Waals surface area (Å²) in [4.78, 5) is 21.2. The van der Waals surface area contributed by atoms with Crippen LogP contribution in [0.1, 0.15) is 35.5 Å². The van der Waals surface area contributed by atoms with Gasteiger partial charge in [0.2, 0.25) is 0 Å². The first kappa shape index (κ1) is 17.8. The van der Waals surface area contributed by atoms with Crippen LogP contribution in [0.4, 0.5) is 5.82 Å². The predicted octanol–water partition coefficient (Wildman–Crippen LogP) is 2.11. The van der Waals surface area contributed by atoms with Gasteiger partial charge in [-0.05, 0) is 25.0 Å². The van der Waals surface area contributed by atoms with Crippen LogP contribution < -0.4 is 9.64 Å². The van der Waals surface area contributed by atoms with E-state index in [1.165, 1.54) is 12.8 Å². The molecular weight excluding hydrogens is 348 g/mol. The van der Waals surface area contributed by atoms with Gasteiger partial charge in [-0.15, -0.1) is 0 Å². The third-order valence-corrected chi connectivity index (χ3v) is 4.95. The highest BCUT2D eigenvalue weighted by Crippen LogP contribution is 2.30. The first-order chi connectivity index (χ1) is 13.2. The fraction of sp³-hybridized carbons (Fsp3) is 0.526. The van der Waals surface area contributed by atoms with Crippen molar-refractivity contribution < 1.29 is 18.8 Å². The summed E-state index contributed by atoms with van der Waals surface area (Å²) in [7, 11) is 1.57. The van der Waals surface area contributed by atoms with Crippen LogP contribution in [0.3, 0.4) is 0 Å². The fourth-order valence-corrected chi connectivity index (χ4v) is 3.62. The monoisotopic (exact) mass is 372 g/mol. The number of methoxy groups -OCH3 is 1. The van der Waals surface area contributed by atoms with E-state index < -0.39 is 0 Å². The Labute approximate surface area is 158 Å². The van der Waals surface area contributed by atoms with E-state index in [2.05, 4.69) is 15.0 Å². The van der Waals surface area contributed by atoms with Gasteiger partial charge in [0.1, 0.15) is 12.7 Å². The third-order valence-electron chi connectivity index (χ3n) is 4.95. The van der Waals surface area contributed by atoms with Gasteiger partial charge in [-0.3, -0.25) is 4.79 Å². The third kappa shape index (κ3) is 3.90. The molecular formula is C19H24N4O4. The van der Waals surface area contributed by atoms with Crippen molar-refractivity contribution in [3.63, 3.8) is 0 Å². The predicted molar refractivity (Wildman–Crippen MR) is 97.8 cm³/mol. The highest BCUT2D eigenvalue weighted by molar-refractivity contribution is 5.92.